The van der Waals surface area contributed by atoms with Gasteiger partial charge in [-0.3, -0.25) is 0 Å². The molecule has 0 unspecified atom stereocenters. The Balaban J connectivity index is 1.19. The van der Waals surface area contributed by atoms with Crippen LogP contribution in [0.2, 0.25) is 5.02 Å². The number of hydrogen-bond acceptors (Lipinski definition) is 2. The van der Waals surface area contributed by atoms with Crippen molar-refractivity contribution in [2.24, 2.45) is 17.8 Å². The fourth-order valence-electron chi connectivity index (χ4n) is 5.58. The van der Waals surface area contributed by atoms with Crippen molar-refractivity contribution < 1.29 is 13.9 Å². The Morgan fingerprint density at radius 3 is 2.11 bits per heavy atom. The van der Waals surface area contributed by atoms with E-state index in [4.69, 9.17) is 21.1 Å². The highest BCUT2D eigenvalue weighted by Gasteiger charge is 2.31. The number of benzene rings is 1. The summed E-state index contributed by atoms with van der Waals surface area (Å²) in [7, 11) is 0. The van der Waals surface area contributed by atoms with Gasteiger partial charge >= 0.3 is 0 Å². The van der Waals surface area contributed by atoms with Crippen LogP contribution in [0.15, 0.2) is 18.2 Å². The smallest absolute Gasteiger partial charge is 0.157 e. The molecule has 27 heavy (non-hydrogen) atoms. The van der Waals surface area contributed by atoms with E-state index in [-0.39, 0.29) is 17.1 Å². The molecular formula is C23H32ClFO2. The van der Waals surface area contributed by atoms with Gasteiger partial charge in [-0.2, -0.15) is 0 Å². The molecule has 0 bridgehead atoms. The molecule has 1 heterocycles. The molecule has 0 spiro atoms. The molecule has 3 fully saturated rings. The minimum atomic E-state index is -0.308. The second-order valence-corrected chi connectivity index (χ2v) is 9.22. The Bertz CT molecular complexity index is 600. The fraction of sp³-hybridized carbons (Fsp3) is 0.739. The fourth-order valence-corrected chi connectivity index (χ4v) is 5.77. The molecular weight excluding hydrogens is 363 g/mol. The van der Waals surface area contributed by atoms with Crippen molar-refractivity contribution in [3.05, 3.63) is 34.6 Å². The number of rotatable bonds is 5. The van der Waals surface area contributed by atoms with Crippen LogP contribution in [0.1, 0.15) is 75.7 Å². The van der Waals surface area contributed by atoms with E-state index in [2.05, 4.69) is 0 Å². The average molecular weight is 395 g/mol. The zero-order valence-electron chi connectivity index (χ0n) is 16.2. The van der Waals surface area contributed by atoms with Crippen LogP contribution in [0.4, 0.5) is 4.39 Å². The van der Waals surface area contributed by atoms with Crippen molar-refractivity contribution in [3.8, 4) is 0 Å². The van der Waals surface area contributed by atoms with Crippen LogP contribution in [0.25, 0.3) is 0 Å². The molecule has 150 valence electrons. The van der Waals surface area contributed by atoms with E-state index in [0.717, 1.165) is 37.4 Å². The van der Waals surface area contributed by atoms with E-state index in [1.807, 2.05) is 12.1 Å². The summed E-state index contributed by atoms with van der Waals surface area (Å²) in [6.45, 7) is 1.54. The van der Waals surface area contributed by atoms with E-state index in [9.17, 15) is 4.39 Å². The van der Waals surface area contributed by atoms with Gasteiger partial charge in [0.25, 0.3) is 0 Å². The second-order valence-electron chi connectivity index (χ2n) is 8.81. The molecule has 0 aromatic heterocycles. The Hall–Kier alpha value is -0.640. The average Bonchev–Trinajstić information content (AvgIpc) is 3.23. The normalized spacial score (nSPS) is 32.7. The van der Waals surface area contributed by atoms with Gasteiger partial charge in [0.1, 0.15) is 5.82 Å². The third-order valence-corrected chi connectivity index (χ3v) is 7.54. The molecule has 1 aliphatic heterocycles. The Labute approximate surface area is 167 Å². The second kappa shape index (κ2) is 9.24. The predicted octanol–water partition coefficient (Wildman–Crippen LogP) is 6.71. The van der Waals surface area contributed by atoms with E-state index < -0.39 is 0 Å². The van der Waals surface area contributed by atoms with Gasteiger partial charge in [0.2, 0.25) is 0 Å². The highest BCUT2D eigenvalue weighted by molar-refractivity contribution is 6.30. The molecule has 2 saturated carbocycles. The maximum Gasteiger partial charge on any atom is 0.157 e. The summed E-state index contributed by atoms with van der Waals surface area (Å²) in [4.78, 5) is 0. The summed E-state index contributed by atoms with van der Waals surface area (Å²) in [5.41, 5.74) is 1.22. The molecule has 1 aromatic carbocycles. The lowest BCUT2D eigenvalue weighted by atomic mass is 9.68. The molecule has 0 amide bonds. The molecule has 1 aromatic rings. The number of hydrogen-bond donors (Lipinski definition) is 0. The summed E-state index contributed by atoms with van der Waals surface area (Å²) in [6.07, 6.45) is 13.0. The SMILES string of the molecule is Fc1ccc([C@H]2CC[C@H]([C@H]3CC[C@H](CCC4OCCO4)CC3)CC2)cc1Cl. The molecule has 4 heteroatoms. The van der Waals surface area contributed by atoms with Crippen LogP contribution >= 0.6 is 11.6 Å². The Kier molecular flexibility index (Phi) is 6.73. The lowest BCUT2D eigenvalue weighted by Gasteiger charge is -2.38. The van der Waals surface area contributed by atoms with Crippen LogP contribution < -0.4 is 0 Å². The maximum atomic E-state index is 13.4. The molecule has 2 aliphatic carbocycles. The van der Waals surface area contributed by atoms with Gasteiger partial charge in [-0.25, -0.2) is 4.39 Å². The Morgan fingerprint density at radius 1 is 0.852 bits per heavy atom. The van der Waals surface area contributed by atoms with Crippen LogP contribution in [0, 0.1) is 23.6 Å². The zero-order chi connectivity index (χ0) is 18.6. The quantitative estimate of drug-likeness (QED) is 0.552. The zero-order valence-corrected chi connectivity index (χ0v) is 16.9. The highest BCUT2D eigenvalue weighted by atomic mass is 35.5. The largest absolute Gasteiger partial charge is 0.350 e. The van der Waals surface area contributed by atoms with Crippen molar-refractivity contribution >= 4 is 11.6 Å². The molecule has 1 saturated heterocycles. The first-order valence-corrected chi connectivity index (χ1v) is 11.2. The van der Waals surface area contributed by atoms with Gasteiger partial charge in [0.15, 0.2) is 6.29 Å². The van der Waals surface area contributed by atoms with Crippen LogP contribution in [0.3, 0.4) is 0 Å². The van der Waals surface area contributed by atoms with Crippen molar-refractivity contribution in [1.29, 1.82) is 0 Å². The van der Waals surface area contributed by atoms with Crippen LogP contribution in [-0.2, 0) is 9.47 Å². The van der Waals surface area contributed by atoms with Crippen molar-refractivity contribution in [3.63, 3.8) is 0 Å². The summed E-state index contributed by atoms with van der Waals surface area (Å²) in [5, 5.41) is 0.265. The van der Waals surface area contributed by atoms with Gasteiger partial charge in [0, 0.05) is 0 Å². The van der Waals surface area contributed by atoms with E-state index in [1.54, 1.807) is 0 Å². The van der Waals surface area contributed by atoms with Gasteiger partial charge in [-0.15, -0.1) is 0 Å². The van der Waals surface area contributed by atoms with Gasteiger partial charge in [-0.1, -0.05) is 30.5 Å². The topological polar surface area (TPSA) is 18.5 Å². The molecule has 0 N–H and O–H groups in total. The maximum absolute atomic E-state index is 13.4. The minimum Gasteiger partial charge on any atom is -0.350 e. The van der Waals surface area contributed by atoms with E-state index in [0.29, 0.717) is 5.92 Å². The minimum absolute atomic E-state index is 0.0676. The van der Waals surface area contributed by atoms with Gasteiger partial charge < -0.3 is 9.47 Å². The number of ether oxygens (including phenoxy) is 2. The first-order chi connectivity index (χ1) is 13.2. The molecule has 0 atom stereocenters. The molecule has 0 radical (unpaired) electrons. The summed E-state index contributed by atoms with van der Waals surface area (Å²) < 4.78 is 24.5. The van der Waals surface area contributed by atoms with Crippen LogP contribution in [0.5, 0.6) is 0 Å². The molecule has 3 aliphatic rings. The summed E-state index contributed by atoms with van der Waals surface area (Å²) in [6, 6.07) is 5.28. The van der Waals surface area contributed by atoms with Crippen molar-refractivity contribution in [2.75, 3.05) is 13.2 Å². The first kappa shape index (κ1) is 19.7. The summed E-state index contributed by atoms with van der Waals surface area (Å²) in [5.74, 6) is 2.92. The standard InChI is InChI=1S/C23H32ClFO2/c24-21-15-20(10-11-22(21)25)19-8-6-18(7-9-19)17-4-1-16(2-5-17)3-12-23-26-13-14-27-23/h10-11,15-19,23H,1-9,12-14H2/t16-,17-,18-,19-. The lowest BCUT2D eigenvalue weighted by Crippen LogP contribution is -2.25. The van der Waals surface area contributed by atoms with Crippen molar-refractivity contribution in [2.45, 2.75) is 76.4 Å². The monoisotopic (exact) mass is 394 g/mol. The van der Waals surface area contributed by atoms with Crippen LogP contribution in [-0.4, -0.2) is 19.5 Å². The molecule has 4 rings (SSSR count). The first-order valence-electron chi connectivity index (χ1n) is 10.9. The summed E-state index contributed by atoms with van der Waals surface area (Å²) >= 11 is 5.97. The Morgan fingerprint density at radius 2 is 1.48 bits per heavy atom. The third-order valence-electron chi connectivity index (χ3n) is 7.25. The van der Waals surface area contributed by atoms with Crippen molar-refractivity contribution in [1.82, 2.24) is 0 Å². The van der Waals surface area contributed by atoms with E-state index >= 15 is 0 Å². The highest BCUT2D eigenvalue weighted by Crippen LogP contribution is 2.44. The molecule has 2 nitrogen and oxygen atoms in total. The third kappa shape index (κ3) is 5.05. The number of halogens is 2. The van der Waals surface area contributed by atoms with Gasteiger partial charge in [0.05, 0.1) is 18.2 Å². The van der Waals surface area contributed by atoms with Gasteiger partial charge in [-0.05, 0) is 92.7 Å². The lowest BCUT2D eigenvalue weighted by molar-refractivity contribution is -0.0514. The van der Waals surface area contributed by atoms with E-state index in [1.165, 1.54) is 69.4 Å². The predicted molar refractivity (Wildman–Crippen MR) is 106 cm³/mol.